The Labute approximate surface area is 197 Å². The van der Waals surface area contributed by atoms with Crippen LogP contribution in [0.25, 0.3) is 11.1 Å². The van der Waals surface area contributed by atoms with Crippen molar-refractivity contribution in [1.29, 1.82) is 0 Å². The van der Waals surface area contributed by atoms with Gasteiger partial charge in [0.25, 0.3) is 0 Å². The fourth-order valence-electron chi connectivity index (χ4n) is 3.89. The van der Waals surface area contributed by atoms with Gasteiger partial charge in [-0.1, -0.05) is 24.3 Å². The van der Waals surface area contributed by atoms with Crippen LogP contribution in [0.3, 0.4) is 0 Å². The third-order valence-electron chi connectivity index (χ3n) is 5.60. The standard InChI is InChI=1S/C25H30F3N3O3/c1-18(32)29-15-22-17-31(25(33)34-22)21-8-9-23(24(28)14-21)20-6-4-19(5-7-20)16-30(12-2-10-26)13-3-11-27/h4-9,14,22H,2-3,10-13,15-17H2,1H3,(H,29,32)/t22-/m0/s1. The van der Waals surface area contributed by atoms with E-state index in [-0.39, 0.29) is 19.0 Å². The molecule has 0 unspecified atom stereocenters. The number of carbonyl (C=O) groups excluding carboxylic acids is 2. The van der Waals surface area contributed by atoms with E-state index >= 15 is 0 Å². The van der Waals surface area contributed by atoms with E-state index in [0.29, 0.717) is 49.3 Å². The fraction of sp³-hybridized carbons (Fsp3) is 0.440. The van der Waals surface area contributed by atoms with E-state index in [1.54, 1.807) is 12.1 Å². The molecule has 0 saturated carbocycles. The second-order valence-corrected chi connectivity index (χ2v) is 8.28. The van der Waals surface area contributed by atoms with Crippen molar-refractivity contribution in [2.75, 3.05) is 44.4 Å². The van der Waals surface area contributed by atoms with Crippen molar-refractivity contribution in [3.05, 3.63) is 53.8 Å². The normalized spacial score (nSPS) is 15.6. The third kappa shape index (κ3) is 6.96. The molecule has 2 aromatic carbocycles. The molecule has 3 rings (SSSR count). The van der Waals surface area contributed by atoms with Crippen molar-refractivity contribution in [1.82, 2.24) is 10.2 Å². The molecule has 1 fully saturated rings. The molecule has 1 N–H and O–H groups in total. The minimum Gasteiger partial charge on any atom is -0.442 e. The molecule has 2 aromatic rings. The number of carbonyl (C=O) groups is 2. The molecule has 0 spiro atoms. The Morgan fingerprint density at radius 2 is 1.79 bits per heavy atom. The quantitative estimate of drug-likeness (QED) is 0.490. The van der Waals surface area contributed by atoms with E-state index in [0.717, 1.165) is 5.56 Å². The first-order valence-corrected chi connectivity index (χ1v) is 11.4. The number of nitrogens with one attached hydrogen (secondary N) is 1. The van der Waals surface area contributed by atoms with Crippen LogP contribution in [-0.4, -0.2) is 62.5 Å². The van der Waals surface area contributed by atoms with E-state index in [9.17, 15) is 22.8 Å². The van der Waals surface area contributed by atoms with Gasteiger partial charge < -0.3 is 10.1 Å². The van der Waals surface area contributed by atoms with E-state index < -0.39 is 31.4 Å². The summed E-state index contributed by atoms with van der Waals surface area (Å²) in [7, 11) is 0. The van der Waals surface area contributed by atoms with Crippen molar-refractivity contribution < 1.29 is 27.5 Å². The second kappa shape index (κ2) is 12.4. The lowest BCUT2D eigenvalue weighted by molar-refractivity contribution is -0.119. The molecule has 1 aliphatic heterocycles. The topological polar surface area (TPSA) is 61.9 Å². The van der Waals surface area contributed by atoms with Crippen molar-refractivity contribution in [3.63, 3.8) is 0 Å². The molecule has 2 amide bonds. The van der Waals surface area contributed by atoms with E-state index in [4.69, 9.17) is 4.74 Å². The molecule has 0 aliphatic carbocycles. The average molecular weight is 478 g/mol. The number of hydrogen-bond donors (Lipinski definition) is 1. The zero-order valence-electron chi connectivity index (χ0n) is 19.2. The first-order chi connectivity index (χ1) is 16.4. The predicted octanol–water partition coefficient (Wildman–Crippen LogP) is 4.48. The molecule has 34 heavy (non-hydrogen) atoms. The Morgan fingerprint density at radius 3 is 2.38 bits per heavy atom. The summed E-state index contributed by atoms with van der Waals surface area (Å²) in [4.78, 5) is 26.6. The summed E-state index contributed by atoms with van der Waals surface area (Å²) >= 11 is 0. The number of alkyl halides is 2. The largest absolute Gasteiger partial charge is 0.442 e. The smallest absolute Gasteiger partial charge is 0.414 e. The van der Waals surface area contributed by atoms with Crippen molar-refractivity contribution in [3.8, 4) is 11.1 Å². The maximum absolute atomic E-state index is 14.9. The van der Waals surface area contributed by atoms with Gasteiger partial charge in [0.15, 0.2) is 0 Å². The lowest BCUT2D eigenvalue weighted by Gasteiger charge is -2.21. The van der Waals surface area contributed by atoms with Gasteiger partial charge in [-0.25, -0.2) is 9.18 Å². The summed E-state index contributed by atoms with van der Waals surface area (Å²) in [5.74, 6) is -0.695. The number of nitrogens with zero attached hydrogens (tertiary/aromatic N) is 2. The molecule has 184 valence electrons. The van der Waals surface area contributed by atoms with E-state index in [2.05, 4.69) is 5.32 Å². The maximum Gasteiger partial charge on any atom is 0.414 e. The SMILES string of the molecule is CC(=O)NC[C@H]1CN(c2ccc(-c3ccc(CN(CCCF)CCCF)cc3)c(F)c2)C(=O)O1. The molecule has 0 bridgehead atoms. The first kappa shape index (κ1) is 25.6. The van der Waals surface area contributed by atoms with Gasteiger partial charge in [-0.05, 0) is 42.2 Å². The highest BCUT2D eigenvalue weighted by Gasteiger charge is 2.32. The maximum atomic E-state index is 14.9. The molecule has 1 heterocycles. The monoisotopic (exact) mass is 477 g/mol. The number of halogens is 3. The van der Waals surface area contributed by atoms with Gasteiger partial charge in [0.2, 0.25) is 5.91 Å². The number of hydrogen-bond acceptors (Lipinski definition) is 4. The number of anilines is 1. The van der Waals surface area contributed by atoms with Crippen LogP contribution in [0.2, 0.25) is 0 Å². The van der Waals surface area contributed by atoms with Crippen LogP contribution in [0.1, 0.15) is 25.3 Å². The third-order valence-corrected chi connectivity index (χ3v) is 5.60. The fourth-order valence-corrected chi connectivity index (χ4v) is 3.89. The van der Waals surface area contributed by atoms with Crippen LogP contribution in [0.4, 0.5) is 23.7 Å². The summed E-state index contributed by atoms with van der Waals surface area (Å²) in [6, 6.07) is 11.9. The number of amides is 2. The van der Waals surface area contributed by atoms with Gasteiger partial charge in [0.1, 0.15) is 11.9 Å². The number of benzene rings is 2. The number of cyclic esters (lactones) is 1. The highest BCUT2D eigenvalue weighted by atomic mass is 19.1. The van der Waals surface area contributed by atoms with Gasteiger partial charge in [-0.2, -0.15) is 0 Å². The molecule has 9 heteroatoms. The first-order valence-electron chi connectivity index (χ1n) is 11.4. The van der Waals surface area contributed by atoms with Gasteiger partial charge in [0.05, 0.1) is 32.1 Å². The lowest BCUT2D eigenvalue weighted by Crippen LogP contribution is -2.33. The second-order valence-electron chi connectivity index (χ2n) is 8.28. The summed E-state index contributed by atoms with van der Waals surface area (Å²) in [6.45, 7) is 2.65. The number of rotatable bonds is 12. The summed E-state index contributed by atoms with van der Waals surface area (Å²) < 4.78 is 45.3. The minimum absolute atomic E-state index is 0.198. The minimum atomic E-state index is -0.586. The van der Waals surface area contributed by atoms with Crippen LogP contribution >= 0.6 is 0 Å². The van der Waals surface area contributed by atoms with Crippen molar-refractivity contribution in [2.45, 2.75) is 32.4 Å². The van der Waals surface area contributed by atoms with Crippen LogP contribution in [0.15, 0.2) is 42.5 Å². The molecule has 0 aromatic heterocycles. The predicted molar refractivity (Wildman–Crippen MR) is 125 cm³/mol. The Morgan fingerprint density at radius 1 is 1.12 bits per heavy atom. The average Bonchev–Trinajstić information content (AvgIpc) is 3.20. The Kier molecular flexibility index (Phi) is 9.33. The van der Waals surface area contributed by atoms with Crippen LogP contribution in [-0.2, 0) is 16.1 Å². The Balaban J connectivity index is 1.66. The van der Waals surface area contributed by atoms with Crippen molar-refractivity contribution in [2.24, 2.45) is 0 Å². The van der Waals surface area contributed by atoms with Crippen LogP contribution < -0.4 is 10.2 Å². The van der Waals surface area contributed by atoms with Crippen LogP contribution in [0, 0.1) is 5.82 Å². The highest BCUT2D eigenvalue weighted by Crippen LogP contribution is 2.29. The molecule has 0 radical (unpaired) electrons. The van der Waals surface area contributed by atoms with Gasteiger partial charge in [-0.3, -0.25) is 23.4 Å². The Hall–Kier alpha value is -3.07. The van der Waals surface area contributed by atoms with Crippen molar-refractivity contribution >= 4 is 17.7 Å². The van der Waals surface area contributed by atoms with E-state index in [1.807, 2.05) is 29.2 Å². The summed E-state index contributed by atoms with van der Waals surface area (Å²) in [6.07, 6.45) is -0.279. The highest BCUT2D eigenvalue weighted by molar-refractivity contribution is 5.90. The number of ether oxygens (including phenoxy) is 1. The Bertz CT molecular complexity index is 964. The zero-order valence-corrected chi connectivity index (χ0v) is 19.2. The van der Waals surface area contributed by atoms with Gasteiger partial charge >= 0.3 is 6.09 Å². The van der Waals surface area contributed by atoms with Gasteiger partial charge in [0, 0.05) is 32.1 Å². The summed E-state index contributed by atoms with van der Waals surface area (Å²) in [5.41, 5.74) is 2.43. The molecule has 1 atom stereocenters. The van der Waals surface area contributed by atoms with E-state index in [1.165, 1.54) is 17.9 Å². The molecular weight excluding hydrogens is 447 g/mol. The zero-order chi connectivity index (χ0) is 24.5. The molecule has 1 aliphatic rings. The lowest BCUT2D eigenvalue weighted by atomic mass is 10.0. The molecular formula is C25H30F3N3O3. The van der Waals surface area contributed by atoms with Crippen LogP contribution in [0.5, 0.6) is 0 Å². The molecule has 6 nitrogen and oxygen atoms in total. The summed E-state index contributed by atoms with van der Waals surface area (Å²) in [5, 5.41) is 2.60. The molecule has 1 saturated heterocycles. The van der Waals surface area contributed by atoms with Gasteiger partial charge in [-0.15, -0.1) is 0 Å².